The first-order valence-corrected chi connectivity index (χ1v) is 8.75. The zero-order valence-electron chi connectivity index (χ0n) is 14.8. The molecule has 1 heterocycles. The largest absolute Gasteiger partial charge is 0.343 e. The van der Waals surface area contributed by atoms with Crippen LogP contribution in [0.25, 0.3) is 0 Å². The summed E-state index contributed by atoms with van der Waals surface area (Å²) in [5.41, 5.74) is 3.71. The van der Waals surface area contributed by atoms with Crippen molar-refractivity contribution in [2.24, 2.45) is 0 Å². The van der Waals surface area contributed by atoms with Crippen LogP contribution in [0.5, 0.6) is 0 Å². The fourth-order valence-electron chi connectivity index (χ4n) is 3.25. The van der Waals surface area contributed by atoms with Gasteiger partial charge in [0.2, 0.25) is 5.91 Å². The van der Waals surface area contributed by atoms with Gasteiger partial charge in [-0.1, -0.05) is 48.0 Å². The Morgan fingerprint density at radius 3 is 2.60 bits per heavy atom. The van der Waals surface area contributed by atoms with Crippen LogP contribution in [0.1, 0.15) is 45.9 Å². The third-order valence-electron chi connectivity index (χ3n) is 4.72. The maximum atomic E-state index is 12.8. The number of carbonyl (C=O) groups is 2. The molecule has 4 heteroatoms. The van der Waals surface area contributed by atoms with Crippen molar-refractivity contribution in [3.8, 4) is 0 Å². The SMILES string of the molecule is Cc1ccc(C)c(C(=O)N[C@@H](CN2CCCC2=O)c2ccccc2)c1. The fraction of sp³-hybridized carbons (Fsp3) is 0.333. The second kappa shape index (κ2) is 7.51. The van der Waals surface area contributed by atoms with E-state index in [0.29, 0.717) is 18.5 Å². The molecule has 0 aliphatic carbocycles. The van der Waals surface area contributed by atoms with Crippen LogP contribution in [0.4, 0.5) is 0 Å². The van der Waals surface area contributed by atoms with E-state index in [1.165, 1.54) is 0 Å². The van der Waals surface area contributed by atoms with E-state index in [4.69, 9.17) is 0 Å². The van der Waals surface area contributed by atoms with E-state index in [0.717, 1.165) is 29.7 Å². The van der Waals surface area contributed by atoms with E-state index in [1.54, 1.807) is 0 Å². The minimum Gasteiger partial charge on any atom is -0.343 e. The van der Waals surface area contributed by atoms with Crippen molar-refractivity contribution in [1.29, 1.82) is 0 Å². The number of rotatable bonds is 5. The van der Waals surface area contributed by atoms with Gasteiger partial charge in [0.15, 0.2) is 0 Å². The molecule has 1 fully saturated rings. The maximum Gasteiger partial charge on any atom is 0.252 e. The summed E-state index contributed by atoms with van der Waals surface area (Å²) in [5, 5.41) is 3.13. The summed E-state index contributed by atoms with van der Waals surface area (Å²) >= 11 is 0. The van der Waals surface area contributed by atoms with E-state index in [2.05, 4.69) is 5.32 Å². The predicted molar refractivity (Wildman–Crippen MR) is 98.4 cm³/mol. The highest BCUT2D eigenvalue weighted by molar-refractivity contribution is 5.96. The molecule has 0 spiro atoms. The molecule has 0 aromatic heterocycles. The molecule has 0 saturated carbocycles. The molecule has 1 N–H and O–H groups in total. The van der Waals surface area contributed by atoms with Crippen LogP contribution in [-0.2, 0) is 4.79 Å². The van der Waals surface area contributed by atoms with E-state index >= 15 is 0 Å². The molecule has 2 aromatic carbocycles. The van der Waals surface area contributed by atoms with Gasteiger partial charge in [-0.2, -0.15) is 0 Å². The Morgan fingerprint density at radius 1 is 1.16 bits per heavy atom. The highest BCUT2D eigenvalue weighted by Crippen LogP contribution is 2.20. The van der Waals surface area contributed by atoms with Crippen LogP contribution < -0.4 is 5.32 Å². The number of hydrogen-bond donors (Lipinski definition) is 1. The van der Waals surface area contributed by atoms with Crippen molar-refractivity contribution in [3.05, 3.63) is 70.8 Å². The Kier molecular flexibility index (Phi) is 5.17. The topological polar surface area (TPSA) is 49.4 Å². The monoisotopic (exact) mass is 336 g/mol. The first-order valence-electron chi connectivity index (χ1n) is 8.75. The van der Waals surface area contributed by atoms with Gasteiger partial charge in [-0.25, -0.2) is 0 Å². The summed E-state index contributed by atoms with van der Waals surface area (Å²) in [4.78, 5) is 26.7. The number of nitrogens with one attached hydrogen (secondary N) is 1. The van der Waals surface area contributed by atoms with Crippen molar-refractivity contribution in [1.82, 2.24) is 10.2 Å². The highest BCUT2D eigenvalue weighted by Gasteiger charge is 2.25. The summed E-state index contributed by atoms with van der Waals surface area (Å²) in [7, 11) is 0. The third-order valence-corrected chi connectivity index (χ3v) is 4.72. The molecule has 1 aliphatic rings. The van der Waals surface area contributed by atoms with E-state index in [1.807, 2.05) is 67.3 Å². The molecule has 1 saturated heterocycles. The smallest absolute Gasteiger partial charge is 0.252 e. The summed E-state index contributed by atoms with van der Waals surface area (Å²) in [6.07, 6.45) is 1.50. The second-order valence-corrected chi connectivity index (χ2v) is 6.70. The number of benzene rings is 2. The Balaban J connectivity index is 1.83. The van der Waals surface area contributed by atoms with E-state index in [-0.39, 0.29) is 17.9 Å². The molecule has 1 atom stereocenters. The summed E-state index contributed by atoms with van der Waals surface area (Å²) in [6.45, 7) is 5.20. The zero-order chi connectivity index (χ0) is 17.8. The lowest BCUT2D eigenvalue weighted by Crippen LogP contribution is -2.38. The number of hydrogen-bond acceptors (Lipinski definition) is 2. The zero-order valence-corrected chi connectivity index (χ0v) is 14.8. The average molecular weight is 336 g/mol. The van der Waals surface area contributed by atoms with Crippen molar-refractivity contribution >= 4 is 11.8 Å². The lowest BCUT2D eigenvalue weighted by Gasteiger charge is -2.25. The Hall–Kier alpha value is -2.62. The molecular weight excluding hydrogens is 312 g/mol. The molecule has 130 valence electrons. The quantitative estimate of drug-likeness (QED) is 0.910. The lowest BCUT2D eigenvalue weighted by atomic mass is 10.0. The Morgan fingerprint density at radius 2 is 1.92 bits per heavy atom. The summed E-state index contributed by atoms with van der Waals surface area (Å²) in [5.74, 6) is 0.0728. The van der Waals surface area contributed by atoms with Crippen molar-refractivity contribution in [2.45, 2.75) is 32.7 Å². The highest BCUT2D eigenvalue weighted by atomic mass is 16.2. The van der Waals surface area contributed by atoms with Crippen molar-refractivity contribution < 1.29 is 9.59 Å². The standard InChI is InChI=1S/C21H24N2O2/c1-15-10-11-16(2)18(13-15)21(25)22-19(17-7-4-3-5-8-17)14-23-12-6-9-20(23)24/h3-5,7-8,10-11,13,19H,6,9,12,14H2,1-2H3,(H,22,25)/t19-/m0/s1. The van der Waals surface area contributed by atoms with Crippen molar-refractivity contribution in [2.75, 3.05) is 13.1 Å². The average Bonchev–Trinajstić information content (AvgIpc) is 3.02. The first kappa shape index (κ1) is 17.2. The Labute approximate surface area is 148 Å². The Bertz CT molecular complexity index is 771. The van der Waals surface area contributed by atoms with Crippen LogP contribution in [0, 0.1) is 13.8 Å². The molecule has 0 bridgehead atoms. The van der Waals surface area contributed by atoms with Crippen molar-refractivity contribution in [3.63, 3.8) is 0 Å². The molecule has 0 unspecified atom stereocenters. The molecule has 2 aromatic rings. The molecule has 25 heavy (non-hydrogen) atoms. The van der Waals surface area contributed by atoms with Crippen LogP contribution in [0.2, 0.25) is 0 Å². The van der Waals surface area contributed by atoms with Crippen LogP contribution in [-0.4, -0.2) is 29.8 Å². The number of nitrogens with zero attached hydrogens (tertiary/aromatic N) is 1. The van der Waals surface area contributed by atoms with Crippen LogP contribution >= 0.6 is 0 Å². The maximum absolute atomic E-state index is 12.8. The molecule has 4 nitrogen and oxygen atoms in total. The number of likely N-dealkylation sites (tertiary alicyclic amines) is 1. The van der Waals surface area contributed by atoms with Gasteiger partial charge in [-0.15, -0.1) is 0 Å². The van der Waals surface area contributed by atoms with E-state index in [9.17, 15) is 9.59 Å². The van der Waals surface area contributed by atoms with Gasteiger partial charge in [0.05, 0.1) is 6.04 Å². The molecule has 0 radical (unpaired) electrons. The third kappa shape index (κ3) is 4.08. The first-order chi connectivity index (χ1) is 12.0. The molecular formula is C21H24N2O2. The lowest BCUT2D eigenvalue weighted by molar-refractivity contribution is -0.128. The molecule has 2 amide bonds. The number of amides is 2. The second-order valence-electron chi connectivity index (χ2n) is 6.70. The number of aryl methyl sites for hydroxylation is 2. The molecule has 1 aliphatic heterocycles. The number of carbonyl (C=O) groups excluding carboxylic acids is 2. The van der Waals surface area contributed by atoms with Gasteiger partial charge in [0, 0.05) is 25.1 Å². The van der Waals surface area contributed by atoms with Gasteiger partial charge < -0.3 is 10.2 Å². The molecule has 3 rings (SSSR count). The summed E-state index contributed by atoms with van der Waals surface area (Å²) < 4.78 is 0. The van der Waals surface area contributed by atoms with Gasteiger partial charge >= 0.3 is 0 Å². The predicted octanol–water partition coefficient (Wildman–Crippen LogP) is 3.40. The minimum atomic E-state index is -0.212. The van der Waals surface area contributed by atoms with E-state index < -0.39 is 0 Å². The van der Waals surface area contributed by atoms with Gasteiger partial charge in [-0.05, 0) is 37.5 Å². The fourth-order valence-corrected chi connectivity index (χ4v) is 3.25. The van der Waals surface area contributed by atoms with Gasteiger partial charge in [0.1, 0.15) is 0 Å². The van der Waals surface area contributed by atoms with Crippen LogP contribution in [0.15, 0.2) is 48.5 Å². The van der Waals surface area contributed by atoms with Gasteiger partial charge in [0.25, 0.3) is 5.91 Å². The normalized spacial score (nSPS) is 15.3. The van der Waals surface area contributed by atoms with Gasteiger partial charge in [-0.3, -0.25) is 9.59 Å². The van der Waals surface area contributed by atoms with Crippen LogP contribution in [0.3, 0.4) is 0 Å². The summed E-state index contributed by atoms with van der Waals surface area (Å²) in [6, 6.07) is 15.5. The minimum absolute atomic E-state index is 0.0956.